The highest BCUT2D eigenvalue weighted by Crippen LogP contribution is 2.18. The highest BCUT2D eigenvalue weighted by atomic mass is 19.1. The number of aromatic nitrogens is 1. The molecule has 0 aliphatic heterocycles. The summed E-state index contributed by atoms with van der Waals surface area (Å²) < 4.78 is 15.2. The van der Waals surface area contributed by atoms with Crippen LogP contribution in [-0.2, 0) is 11.3 Å². The molecule has 90 valence electrons. The van der Waals surface area contributed by atoms with Crippen molar-refractivity contribution in [1.29, 1.82) is 0 Å². The number of halogens is 1. The van der Waals surface area contributed by atoms with Crippen molar-refractivity contribution in [3.63, 3.8) is 0 Å². The van der Waals surface area contributed by atoms with Crippen molar-refractivity contribution in [2.24, 2.45) is 0 Å². The van der Waals surface area contributed by atoms with Gasteiger partial charge in [0.15, 0.2) is 0 Å². The minimum atomic E-state index is -0.252. The fourth-order valence-corrected chi connectivity index (χ4v) is 1.77. The molecule has 0 saturated heterocycles. The summed E-state index contributed by atoms with van der Waals surface area (Å²) in [5, 5.41) is 0.555. The first-order chi connectivity index (χ1) is 8.13. The van der Waals surface area contributed by atoms with Crippen LogP contribution in [0.2, 0.25) is 0 Å². The van der Waals surface area contributed by atoms with Gasteiger partial charge < -0.3 is 9.47 Å². The molecule has 0 radical (unpaired) electrons. The lowest BCUT2D eigenvalue weighted by Gasteiger charge is -2.15. The van der Waals surface area contributed by atoms with Crippen LogP contribution < -0.4 is 0 Å². The molecular weight excluding hydrogens is 219 g/mol. The van der Waals surface area contributed by atoms with E-state index in [9.17, 15) is 9.18 Å². The van der Waals surface area contributed by atoms with Crippen LogP contribution in [0.3, 0.4) is 0 Å². The predicted octanol–water partition coefficient (Wildman–Crippen LogP) is 2.26. The number of carbonyl (C=O) groups excluding carboxylic acids is 1. The first kappa shape index (κ1) is 11.6. The Morgan fingerprint density at radius 3 is 2.88 bits per heavy atom. The van der Waals surface area contributed by atoms with Crippen LogP contribution in [0.4, 0.5) is 4.39 Å². The van der Waals surface area contributed by atoms with Crippen LogP contribution in [0.5, 0.6) is 0 Å². The molecule has 1 aromatic carbocycles. The van der Waals surface area contributed by atoms with Crippen molar-refractivity contribution < 1.29 is 9.18 Å². The average Bonchev–Trinajstić information content (AvgIpc) is 2.73. The zero-order valence-electron chi connectivity index (χ0n) is 9.98. The van der Waals surface area contributed by atoms with E-state index in [4.69, 9.17) is 0 Å². The molecule has 1 aromatic heterocycles. The summed E-state index contributed by atoms with van der Waals surface area (Å²) in [6.07, 6.45) is 1.75. The number of likely N-dealkylation sites (N-methyl/N-ethyl adjacent to an activating group) is 1. The standard InChI is InChI=1S/C13H15FN2O/c1-3-15(2)13(17)9-16-8-7-10-11(14)5-4-6-12(10)16/h4-8H,3,9H2,1-2H3. The number of rotatable bonds is 3. The first-order valence-electron chi connectivity index (χ1n) is 5.60. The minimum absolute atomic E-state index is 0.0225. The summed E-state index contributed by atoms with van der Waals surface area (Å²) >= 11 is 0. The maximum absolute atomic E-state index is 13.5. The molecule has 0 bridgehead atoms. The van der Waals surface area contributed by atoms with Crippen LogP contribution in [-0.4, -0.2) is 29.0 Å². The largest absolute Gasteiger partial charge is 0.344 e. The SMILES string of the molecule is CCN(C)C(=O)Cn1ccc2c(F)cccc21. The van der Waals surface area contributed by atoms with Gasteiger partial charge in [-0.05, 0) is 25.1 Å². The van der Waals surface area contributed by atoms with E-state index in [2.05, 4.69) is 0 Å². The number of hydrogen-bond donors (Lipinski definition) is 0. The summed E-state index contributed by atoms with van der Waals surface area (Å²) in [4.78, 5) is 13.4. The monoisotopic (exact) mass is 234 g/mol. The third-order valence-electron chi connectivity index (χ3n) is 2.97. The zero-order chi connectivity index (χ0) is 12.4. The second-order valence-electron chi connectivity index (χ2n) is 4.02. The highest BCUT2D eigenvalue weighted by molar-refractivity contribution is 5.83. The molecule has 3 nitrogen and oxygen atoms in total. The van der Waals surface area contributed by atoms with Crippen molar-refractivity contribution in [2.75, 3.05) is 13.6 Å². The molecule has 0 fully saturated rings. The molecule has 17 heavy (non-hydrogen) atoms. The lowest BCUT2D eigenvalue weighted by molar-refractivity contribution is -0.130. The maximum Gasteiger partial charge on any atom is 0.242 e. The van der Waals surface area contributed by atoms with Gasteiger partial charge in [0, 0.05) is 25.2 Å². The Hall–Kier alpha value is -1.84. The van der Waals surface area contributed by atoms with Gasteiger partial charge in [-0.1, -0.05) is 6.07 Å². The molecule has 0 unspecified atom stereocenters. The Morgan fingerprint density at radius 1 is 1.41 bits per heavy atom. The lowest BCUT2D eigenvalue weighted by atomic mass is 10.2. The van der Waals surface area contributed by atoms with E-state index in [1.807, 2.05) is 13.0 Å². The molecule has 0 aliphatic carbocycles. The molecule has 0 N–H and O–H groups in total. The van der Waals surface area contributed by atoms with Crippen LogP contribution in [0, 0.1) is 5.82 Å². The molecule has 0 spiro atoms. The quantitative estimate of drug-likeness (QED) is 0.799. The molecular formula is C13H15FN2O. The van der Waals surface area contributed by atoms with Crippen LogP contribution in [0.1, 0.15) is 6.92 Å². The number of hydrogen-bond acceptors (Lipinski definition) is 1. The highest BCUT2D eigenvalue weighted by Gasteiger charge is 2.10. The summed E-state index contributed by atoms with van der Waals surface area (Å²) in [7, 11) is 1.76. The Morgan fingerprint density at radius 2 is 2.18 bits per heavy atom. The first-order valence-corrected chi connectivity index (χ1v) is 5.60. The smallest absolute Gasteiger partial charge is 0.242 e. The summed E-state index contributed by atoms with van der Waals surface area (Å²) in [6, 6.07) is 6.59. The molecule has 1 heterocycles. The normalized spacial score (nSPS) is 10.8. The molecule has 0 atom stereocenters. The molecule has 2 rings (SSSR count). The van der Waals surface area contributed by atoms with Gasteiger partial charge in [0.1, 0.15) is 12.4 Å². The van der Waals surface area contributed by atoms with Crippen molar-refractivity contribution in [3.8, 4) is 0 Å². The van der Waals surface area contributed by atoms with Gasteiger partial charge in [0.05, 0.1) is 5.52 Å². The second-order valence-corrected chi connectivity index (χ2v) is 4.02. The van der Waals surface area contributed by atoms with Gasteiger partial charge in [-0.3, -0.25) is 4.79 Å². The topological polar surface area (TPSA) is 25.2 Å². The summed E-state index contributed by atoms with van der Waals surface area (Å²) in [6.45, 7) is 2.84. The average molecular weight is 234 g/mol. The number of benzene rings is 1. The van der Waals surface area contributed by atoms with Gasteiger partial charge in [0.25, 0.3) is 0 Å². The van der Waals surface area contributed by atoms with E-state index in [0.717, 1.165) is 5.52 Å². The fraction of sp³-hybridized carbons (Fsp3) is 0.308. The Balaban J connectivity index is 2.31. The van der Waals surface area contributed by atoms with E-state index in [1.54, 1.807) is 34.8 Å². The van der Waals surface area contributed by atoms with Crippen molar-refractivity contribution >= 4 is 16.8 Å². The number of carbonyl (C=O) groups is 1. The third-order valence-corrected chi connectivity index (χ3v) is 2.97. The van der Waals surface area contributed by atoms with E-state index in [-0.39, 0.29) is 18.3 Å². The minimum Gasteiger partial charge on any atom is -0.344 e. The zero-order valence-corrected chi connectivity index (χ0v) is 9.98. The summed E-state index contributed by atoms with van der Waals surface area (Å²) in [5.41, 5.74) is 0.753. The maximum atomic E-state index is 13.5. The number of fused-ring (bicyclic) bond motifs is 1. The van der Waals surface area contributed by atoms with Gasteiger partial charge in [-0.2, -0.15) is 0 Å². The van der Waals surface area contributed by atoms with E-state index in [0.29, 0.717) is 11.9 Å². The summed E-state index contributed by atoms with van der Waals surface area (Å²) in [5.74, 6) is -0.230. The predicted molar refractivity (Wildman–Crippen MR) is 65.2 cm³/mol. The number of amides is 1. The van der Waals surface area contributed by atoms with Crippen molar-refractivity contribution in [3.05, 3.63) is 36.3 Å². The molecule has 4 heteroatoms. The lowest BCUT2D eigenvalue weighted by Crippen LogP contribution is -2.29. The molecule has 2 aromatic rings. The third kappa shape index (κ3) is 2.16. The fourth-order valence-electron chi connectivity index (χ4n) is 1.77. The van der Waals surface area contributed by atoms with Crippen LogP contribution in [0.15, 0.2) is 30.5 Å². The van der Waals surface area contributed by atoms with Crippen LogP contribution in [0.25, 0.3) is 10.9 Å². The Kier molecular flexibility index (Phi) is 3.13. The Bertz CT molecular complexity index is 547. The van der Waals surface area contributed by atoms with Gasteiger partial charge >= 0.3 is 0 Å². The van der Waals surface area contributed by atoms with E-state index >= 15 is 0 Å². The van der Waals surface area contributed by atoms with Crippen molar-refractivity contribution in [1.82, 2.24) is 9.47 Å². The van der Waals surface area contributed by atoms with Crippen molar-refractivity contribution in [2.45, 2.75) is 13.5 Å². The molecule has 0 aliphatic rings. The Labute approximate surface area is 99.4 Å². The van der Waals surface area contributed by atoms with Gasteiger partial charge in [-0.25, -0.2) is 4.39 Å². The number of nitrogens with zero attached hydrogens (tertiary/aromatic N) is 2. The van der Waals surface area contributed by atoms with Crippen LogP contribution >= 0.6 is 0 Å². The molecule has 1 amide bonds. The van der Waals surface area contributed by atoms with E-state index < -0.39 is 0 Å². The van der Waals surface area contributed by atoms with E-state index in [1.165, 1.54) is 6.07 Å². The second kappa shape index (κ2) is 4.57. The van der Waals surface area contributed by atoms with Gasteiger partial charge in [-0.15, -0.1) is 0 Å². The van der Waals surface area contributed by atoms with Gasteiger partial charge in [0.2, 0.25) is 5.91 Å². The molecule has 0 saturated carbocycles.